The van der Waals surface area contributed by atoms with Crippen LogP contribution < -0.4 is 0 Å². The zero-order valence-corrected chi connectivity index (χ0v) is 10.7. The first-order chi connectivity index (χ1) is 8.15. The van der Waals surface area contributed by atoms with Crippen molar-refractivity contribution in [3.05, 3.63) is 34.7 Å². The monoisotopic (exact) mass is 295 g/mol. The molecule has 0 saturated carbocycles. The number of rotatable bonds is 3. The molecule has 2 aromatic rings. The fourth-order valence-corrected chi connectivity index (χ4v) is 2.25. The van der Waals surface area contributed by atoms with Crippen LogP contribution in [0.4, 0.5) is 0 Å². The Balaban J connectivity index is 2.61. The van der Waals surface area contributed by atoms with Crippen molar-refractivity contribution < 1.29 is 9.90 Å². The molecule has 0 unspecified atom stereocenters. The third-order valence-corrected chi connectivity index (χ3v) is 3.10. The lowest BCUT2D eigenvalue weighted by atomic mass is 10.2. The molecule has 0 aliphatic carbocycles. The highest BCUT2D eigenvalue weighted by Gasteiger charge is 2.21. The highest BCUT2D eigenvalue weighted by Crippen LogP contribution is 2.30. The number of aromatic carboxylic acids is 1. The van der Waals surface area contributed by atoms with Crippen LogP contribution in [-0.2, 0) is 6.54 Å². The zero-order chi connectivity index (χ0) is 12.4. The van der Waals surface area contributed by atoms with E-state index in [1.165, 1.54) is 4.68 Å². The molecule has 0 radical (unpaired) electrons. The Bertz CT molecular complexity index is 551. The standard InChI is InChI=1S/C11H10BrN3O2/c1-2-15-10(11(16)17)8(12)9(14-15)7-3-5-13-6-4-7/h3-6H,2H2,1H3,(H,16,17). The summed E-state index contributed by atoms with van der Waals surface area (Å²) in [5, 5.41) is 13.4. The summed E-state index contributed by atoms with van der Waals surface area (Å²) in [6, 6.07) is 3.58. The maximum atomic E-state index is 11.1. The molecule has 1 N–H and O–H groups in total. The van der Waals surface area contributed by atoms with E-state index in [4.69, 9.17) is 5.11 Å². The van der Waals surface area contributed by atoms with E-state index in [2.05, 4.69) is 26.0 Å². The molecule has 0 atom stereocenters. The van der Waals surface area contributed by atoms with Gasteiger partial charge in [0.2, 0.25) is 0 Å². The lowest BCUT2D eigenvalue weighted by molar-refractivity contribution is 0.0682. The molecule has 2 aromatic heterocycles. The van der Waals surface area contributed by atoms with Crippen molar-refractivity contribution in [2.45, 2.75) is 13.5 Å². The lowest BCUT2D eigenvalue weighted by Crippen LogP contribution is -2.08. The van der Waals surface area contributed by atoms with Gasteiger partial charge in [-0.2, -0.15) is 5.10 Å². The number of aryl methyl sites for hydroxylation is 1. The second kappa shape index (κ2) is 4.67. The molecule has 0 saturated heterocycles. The molecular weight excluding hydrogens is 286 g/mol. The molecule has 2 heterocycles. The smallest absolute Gasteiger partial charge is 0.355 e. The fraction of sp³-hybridized carbons (Fsp3) is 0.182. The second-order valence-corrected chi connectivity index (χ2v) is 4.16. The lowest BCUT2D eigenvalue weighted by Gasteiger charge is -1.98. The van der Waals surface area contributed by atoms with Crippen molar-refractivity contribution in [1.82, 2.24) is 14.8 Å². The average molecular weight is 296 g/mol. The van der Waals surface area contributed by atoms with Crippen molar-refractivity contribution in [2.75, 3.05) is 0 Å². The van der Waals surface area contributed by atoms with Gasteiger partial charge in [-0.1, -0.05) is 0 Å². The van der Waals surface area contributed by atoms with Crippen LogP contribution in [0.2, 0.25) is 0 Å². The van der Waals surface area contributed by atoms with Crippen LogP contribution in [0.15, 0.2) is 29.0 Å². The Morgan fingerprint density at radius 3 is 2.59 bits per heavy atom. The summed E-state index contributed by atoms with van der Waals surface area (Å²) >= 11 is 3.30. The molecule has 0 amide bonds. The SMILES string of the molecule is CCn1nc(-c2ccncc2)c(Br)c1C(=O)O. The molecule has 17 heavy (non-hydrogen) atoms. The number of pyridine rings is 1. The van der Waals surface area contributed by atoms with Gasteiger partial charge in [0.1, 0.15) is 5.69 Å². The van der Waals surface area contributed by atoms with Crippen molar-refractivity contribution in [3.63, 3.8) is 0 Å². The van der Waals surface area contributed by atoms with Crippen LogP contribution in [0.25, 0.3) is 11.3 Å². The third-order valence-electron chi connectivity index (χ3n) is 2.35. The van der Waals surface area contributed by atoms with Crippen molar-refractivity contribution >= 4 is 21.9 Å². The summed E-state index contributed by atoms with van der Waals surface area (Å²) in [4.78, 5) is 15.1. The zero-order valence-electron chi connectivity index (χ0n) is 9.09. The Morgan fingerprint density at radius 1 is 1.47 bits per heavy atom. The minimum absolute atomic E-state index is 0.166. The maximum absolute atomic E-state index is 11.1. The Kier molecular flexibility index (Phi) is 3.23. The Morgan fingerprint density at radius 2 is 2.12 bits per heavy atom. The van der Waals surface area contributed by atoms with E-state index in [9.17, 15) is 4.79 Å². The molecule has 0 aromatic carbocycles. The summed E-state index contributed by atoms with van der Waals surface area (Å²) in [5.74, 6) is -0.994. The van der Waals surface area contributed by atoms with E-state index in [0.29, 0.717) is 16.7 Å². The highest BCUT2D eigenvalue weighted by molar-refractivity contribution is 9.10. The van der Waals surface area contributed by atoms with Gasteiger partial charge in [0.25, 0.3) is 0 Å². The minimum atomic E-state index is -0.994. The molecule has 0 fully saturated rings. The number of hydrogen-bond acceptors (Lipinski definition) is 3. The first-order valence-corrected chi connectivity index (χ1v) is 5.84. The molecule has 88 valence electrons. The van der Waals surface area contributed by atoms with Crippen LogP contribution in [0, 0.1) is 0 Å². The number of carboxylic acid groups (broad SMARTS) is 1. The van der Waals surface area contributed by atoms with Gasteiger partial charge in [-0.05, 0) is 35.0 Å². The Hall–Kier alpha value is -1.69. The van der Waals surface area contributed by atoms with E-state index < -0.39 is 5.97 Å². The molecule has 0 spiro atoms. The molecular formula is C11H10BrN3O2. The van der Waals surface area contributed by atoms with E-state index in [0.717, 1.165) is 5.56 Å². The van der Waals surface area contributed by atoms with Gasteiger partial charge in [-0.25, -0.2) is 4.79 Å². The van der Waals surface area contributed by atoms with Crippen molar-refractivity contribution in [1.29, 1.82) is 0 Å². The van der Waals surface area contributed by atoms with Crippen LogP contribution in [-0.4, -0.2) is 25.8 Å². The van der Waals surface area contributed by atoms with Gasteiger partial charge in [-0.15, -0.1) is 0 Å². The first kappa shape index (κ1) is 11.8. The number of hydrogen-bond donors (Lipinski definition) is 1. The number of carboxylic acids is 1. The topological polar surface area (TPSA) is 68.0 Å². The predicted octanol–water partition coefficient (Wildman–Crippen LogP) is 2.43. The quantitative estimate of drug-likeness (QED) is 0.944. The van der Waals surface area contributed by atoms with Crippen LogP contribution >= 0.6 is 15.9 Å². The summed E-state index contributed by atoms with van der Waals surface area (Å²) in [7, 11) is 0. The van der Waals surface area contributed by atoms with Crippen LogP contribution in [0.3, 0.4) is 0 Å². The first-order valence-electron chi connectivity index (χ1n) is 5.05. The third kappa shape index (κ3) is 2.08. The maximum Gasteiger partial charge on any atom is 0.355 e. The van der Waals surface area contributed by atoms with Crippen molar-refractivity contribution in [3.8, 4) is 11.3 Å². The second-order valence-electron chi connectivity index (χ2n) is 3.37. The fourth-order valence-electron chi connectivity index (χ4n) is 1.57. The van der Waals surface area contributed by atoms with Crippen LogP contribution in [0.1, 0.15) is 17.4 Å². The van der Waals surface area contributed by atoms with Gasteiger partial charge in [0.15, 0.2) is 5.69 Å². The van der Waals surface area contributed by atoms with Crippen LogP contribution in [0.5, 0.6) is 0 Å². The molecule has 0 aliphatic rings. The van der Waals surface area contributed by atoms with E-state index in [1.807, 2.05) is 6.92 Å². The summed E-state index contributed by atoms with van der Waals surface area (Å²) in [6.07, 6.45) is 3.29. The number of carbonyl (C=O) groups is 1. The van der Waals surface area contributed by atoms with E-state index in [-0.39, 0.29) is 5.69 Å². The average Bonchev–Trinajstić information content (AvgIpc) is 2.67. The predicted molar refractivity (Wildman–Crippen MR) is 65.8 cm³/mol. The van der Waals surface area contributed by atoms with E-state index in [1.54, 1.807) is 24.5 Å². The summed E-state index contributed by atoms with van der Waals surface area (Å²) in [5.41, 5.74) is 1.62. The number of nitrogens with zero attached hydrogens (tertiary/aromatic N) is 3. The summed E-state index contributed by atoms with van der Waals surface area (Å²) in [6.45, 7) is 2.35. The summed E-state index contributed by atoms with van der Waals surface area (Å²) < 4.78 is 1.96. The largest absolute Gasteiger partial charge is 0.476 e. The molecule has 6 heteroatoms. The molecule has 0 bridgehead atoms. The van der Waals surface area contributed by atoms with Gasteiger partial charge in [0, 0.05) is 24.5 Å². The number of halogens is 1. The van der Waals surface area contributed by atoms with Crippen molar-refractivity contribution in [2.24, 2.45) is 0 Å². The Labute approximate surface area is 106 Å². The van der Waals surface area contributed by atoms with Gasteiger partial charge < -0.3 is 5.11 Å². The highest BCUT2D eigenvalue weighted by atomic mass is 79.9. The number of aromatic nitrogens is 3. The molecule has 2 rings (SSSR count). The molecule has 5 nitrogen and oxygen atoms in total. The van der Waals surface area contributed by atoms with Gasteiger partial charge >= 0.3 is 5.97 Å². The van der Waals surface area contributed by atoms with Gasteiger partial charge in [0.05, 0.1) is 4.47 Å². The minimum Gasteiger partial charge on any atom is -0.476 e. The van der Waals surface area contributed by atoms with Gasteiger partial charge in [-0.3, -0.25) is 9.67 Å². The molecule has 0 aliphatic heterocycles. The normalized spacial score (nSPS) is 10.5. The van der Waals surface area contributed by atoms with E-state index >= 15 is 0 Å².